The first kappa shape index (κ1) is 15.6. The van der Waals surface area contributed by atoms with Crippen molar-refractivity contribution in [1.29, 1.82) is 0 Å². The van der Waals surface area contributed by atoms with Crippen molar-refractivity contribution in [3.63, 3.8) is 0 Å². The second-order valence-electron chi connectivity index (χ2n) is 7.48. The number of rotatable bonds is 0. The fourth-order valence-electron chi connectivity index (χ4n) is 4.42. The summed E-state index contributed by atoms with van der Waals surface area (Å²) >= 11 is 0. The van der Waals surface area contributed by atoms with Crippen molar-refractivity contribution in [2.45, 2.75) is 0 Å². The van der Waals surface area contributed by atoms with E-state index < -0.39 is 7.92 Å². The van der Waals surface area contributed by atoms with Crippen molar-refractivity contribution >= 4 is 45.4 Å². The maximum Gasteiger partial charge on any atom is 0.139 e. The van der Waals surface area contributed by atoms with Crippen LogP contribution in [-0.4, -0.2) is 0 Å². The first-order valence-corrected chi connectivity index (χ1v) is 11.0. The molecule has 0 radical (unpaired) electrons. The molecule has 3 heteroatoms. The number of hydrogen-bond donors (Lipinski definition) is 0. The standard InChI is InChI=1S/C26H15O2P/c1-3-8-18-14-24-22(12-16(18)6-1)27-20-10-5-11-21-26(20)29(24)25-15-19-9-4-2-7-17(19)13-23(25)28-21/h1-15H. The topological polar surface area (TPSA) is 18.5 Å². The normalized spacial score (nSPS) is 13.9. The highest BCUT2D eigenvalue weighted by atomic mass is 31.1. The van der Waals surface area contributed by atoms with Crippen molar-refractivity contribution < 1.29 is 9.47 Å². The molecule has 0 fully saturated rings. The molecular weight excluding hydrogens is 375 g/mol. The van der Waals surface area contributed by atoms with Gasteiger partial charge in [0.2, 0.25) is 0 Å². The first-order valence-electron chi connectivity index (χ1n) is 9.70. The van der Waals surface area contributed by atoms with Crippen LogP contribution in [0.1, 0.15) is 0 Å². The van der Waals surface area contributed by atoms with Crippen molar-refractivity contribution in [2.24, 2.45) is 0 Å². The van der Waals surface area contributed by atoms with Gasteiger partial charge in [-0.25, -0.2) is 0 Å². The van der Waals surface area contributed by atoms with Crippen LogP contribution in [0.3, 0.4) is 0 Å². The molecule has 0 amide bonds. The van der Waals surface area contributed by atoms with Crippen LogP contribution < -0.4 is 25.4 Å². The van der Waals surface area contributed by atoms with E-state index in [2.05, 4.69) is 84.9 Å². The number of benzene rings is 5. The van der Waals surface area contributed by atoms with Gasteiger partial charge in [0.25, 0.3) is 0 Å². The van der Waals surface area contributed by atoms with Crippen molar-refractivity contribution in [3.8, 4) is 23.0 Å². The molecule has 0 bridgehead atoms. The van der Waals surface area contributed by atoms with Gasteiger partial charge < -0.3 is 9.47 Å². The molecule has 0 atom stereocenters. The second kappa shape index (κ2) is 5.59. The molecule has 2 nitrogen and oxygen atoms in total. The van der Waals surface area contributed by atoms with Crippen molar-refractivity contribution in [2.75, 3.05) is 0 Å². The van der Waals surface area contributed by atoms with E-state index in [1.165, 1.54) is 37.5 Å². The summed E-state index contributed by atoms with van der Waals surface area (Å²) in [7, 11) is -0.747. The predicted octanol–water partition coefficient (Wildman–Crippen LogP) is 5.96. The summed E-state index contributed by atoms with van der Waals surface area (Å²) in [6, 6.07) is 32.1. The zero-order chi connectivity index (χ0) is 18.9. The molecule has 0 N–H and O–H groups in total. The molecule has 5 aromatic rings. The number of fused-ring (bicyclic) bond motifs is 6. The average molecular weight is 390 g/mol. The molecule has 0 saturated heterocycles. The van der Waals surface area contributed by atoms with Gasteiger partial charge in [-0.1, -0.05) is 54.6 Å². The molecule has 2 aliphatic heterocycles. The lowest BCUT2D eigenvalue weighted by atomic mass is 10.1. The highest BCUT2D eigenvalue weighted by Gasteiger charge is 2.37. The van der Waals surface area contributed by atoms with Gasteiger partial charge in [-0.05, 0) is 57.9 Å². The zero-order valence-corrected chi connectivity index (χ0v) is 16.3. The second-order valence-corrected chi connectivity index (χ2v) is 9.56. The van der Waals surface area contributed by atoms with E-state index in [1.807, 2.05) is 6.07 Å². The van der Waals surface area contributed by atoms with E-state index in [4.69, 9.17) is 9.47 Å². The minimum atomic E-state index is -0.747. The largest absolute Gasteiger partial charge is 0.456 e. The molecule has 136 valence electrons. The summed E-state index contributed by atoms with van der Waals surface area (Å²) < 4.78 is 12.7. The van der Waals surface area contributed by atoms with E-state index in [0.29, 0.717) is 0 Å². The van der Waals surface area contributed by atoms with Crippen molar-refractivity contribution in [3.05, 3.63) is 91.0 Å². The van der Waals surface area contributed by atoms with Gasteiger partial charge in [0.05, 0.1) is 5.30 Å². The molecule has 7 rings (SSSR count). The summed E-state index contributed by atoms with van der Waals surface area (Å²) in [5.41, 5.74) is 0. The van der Waals surface area contributed by atoms with Crippen LogP contribution in [0.4, 0.5) is 0 Å². The Morgan fingerprint density at radius 2 is 0.897 bits per heavy atom. The SMILES string of the molecule is c1cc2c3c(c1)Oc1cc4ccccc4cc1P3c1cc3ccccc3cc1O2. The van der Waals surface area contributed by atoms with E-state index in [0.717, 1.165) is 23.0 Å². The van der Waals surface area contributed by atoms with Crippen LogP contribution in [0, 0.1) is 0 Å². The summed E-state index contributed by atoms with van der Waals surface area (Å²) in [4.78, 5) is 0. The summed E-state index contributed by atoms with van der Waals surface area (Å²) in [6.07, 6.45) is 0. The van der Waals surface area contributed by atoms with Crippen molar-refractivity contribution in [1.82, 2.24) is 0 Å². The Balaban J connectivity index is 1.58. The lowest BCUT2D eigenvalue weighted by Crippen LogP contribution is -2.31. The number of hydrogen-bond acceptors (Lipinski definition) is 2. The molecule has 5 aromatic carbocycles. The Morgan fingerprint density at radius 3 is 1.38 bits per heavy atom. The van der Waals surface area contributed by atoms with Crippen LogP contribution >= 0.6 is 7.92 Å². The third kappa shape index (κ3) is 2.15. The smallest absolute Gasteiger partial charge is 0.139 e. The molecule has 0 aromatic heterocycles. The Labute approximate surface area is 169 Å². The van der Waals surface area contributed by atoms with Crippen LogP contribution in [0.15, 0.2) is 91.0 Å². The summed E-state index contributed by atoms with van der Waals surface area (Å²) in [5.74, 6) is 3.74. The fourth-order valence-corrected chi connectivity index (χ4v) is 7.04. The lowest BCUT2D eigenvalue weighted by molar-refractivity contribution is 0.467. The molecule has 2 aliphatic rings. The Kier molecular flexibility index (Phi) is 3.00. The highest BCUT2D eigenvalue weighted by Crippen LogP contribution is 2.53. The molecule has 2 heterocycles. The first-order chi connectivity index (χ1) is 14.3. The highest BCUT2D eigenvalue weighted by molar-refractivity contribution is 7.80. The van der Waals surface area contributed by atoms with E-state index in [-0.39, 0.29) is 0 Å². The van der Waals surface area contributed by atoms with Crippen LogP contribution in [0.5, 0.6) is 23.0 Å². The van der Waals surface area contributed by atoms with Crippen LogP contribution in [0.2, 0.25) is 0 Å². The number of ether oxygens (including phenoxy) is 2. The molecular formula is C26H15O2P. The Hall–Kier alpha value is -3.35. The molecule has 0 spiro atoms. The Morgan fingerprint density at radius 1 is 0.448 bits per heavy atom. The predicted molar refractivity (Wildman–Crippen MR) is 120 cm³/mol. The van der Waals surface area contributed by atoms with Gasteiger partial charge in [-0.3, -0.25) is 0 Å². The summed E-state index contributed by atoms with van der Waals surface area (Å²) in [5, 5.41) is 8.60. The molecule has 29 heavy (non-hydrogen) atoms. The maximum atomic E-state index is 6.37. The lowest BCUT2D eigenvalue weighted by Gasteiger charge is -2.35. The molecule has 0 aliphatic carbocycles. The maximum absolute atomic E-state index is 6.37. The van der Waals surface area contributed by atoms with E-state index >= 15 is 0 Å². The van der Waals surface area contributed by atoms with E-state index in [1.54, 1.807) is 0 Å². The quantitative estimate of drug-likeness (QED) is 0.297. The van der Waals surface area contributed by atoms with E-state index in [9.17, 15) is 0 Å². The third-order valence-electron chi connectivity index (χ3n) is 5.76. The van der Waals surface area contributed by atoms with Gasteiger partial charge in [-0.15, -0.1) is 0 Å². The average Bonchev–Trinajstić information content (AvgIpc) is 2.76. The van der Waals surface area contributed by atoms with Crippen LogP contribution in [0.25, 0.3) is 21.5 Å². The van der Waals surface area contributed by atoms with Gasteiger partial charge in [-0.2, -0.15) is 0 Å². The van der Waals surface area contributed by atoms with Gasteiger partial charge in [0, 0.05) is 18.5 Å². The fraction of sp³-hybridized carbons (Fsp3) is 0. The van der Waals surface area contributed by atoms with Gasteiger partial charge in [0.1, 0.15) is 23.0 Å². The minimum Gasteiger partial charge on any atom is -0.456 e. The summed E-state index contributed by atoms with van der Waals surface area (Å²) in [6.45, 7) is 0. The minimum absolute atomic E-state index is 0.747. The molecule has 0 saturated carbocycles. The Bertz CT molecular complexity index is 1360. The zero-order valence-electron chi connectivity index (χ0n) is 15.4. The monoisotopic (exact) mass is 390 g/mol. The van der Waals surface area contributed by atoms with Gasteiger partial charge in [0.15, 0.2) is 0 Å². The third-order valence-corrected chi connectivity index (χ3v) is 8.31. The van der Waals surface area contributed by atoms with Crippen LogP contribution in [-0.2, 0) is 0 Å². The molecule has 0 unspecified atom stereocenters. The van der Waals surface area contributed by atoms with Gasteiger partial charge >= 0.3 is 0 Å².